The van der Waals surface area contributed by atoms with Crippen molar-refractivity contribution in [3.63, 3.8) is 0 Å². The maximum atomic E-state index is 13.0. The van der Waals surface area contributed by atoms with Gasteiger partial charge in [0.05, 0.1) is 0 Å². The second-order valence-electron chi connectivity index (χ2n) is 15.0. The first-order valence-corrected chi connectivity index (χ1v) is 17.5. The molecule has 0 aromatic carbocycles. The maximum Gasteiger partial charge on any atom is 0.407 e. The Morgan fingerprint density at radius 3 is 2.51 bits per heavy atom. The highest BCUT2D eigenvalue weighted by molar-refractivity contribution is 5.67. The second-order valence-corrected chi connectivity index (χ2v) is 15.0. The summed E-state index contributed by atoms with van der Waals surface area (Å²) in [6, 6.07) is 0. The van der Waals surface area contributed by atoms with Gasteiger partial charge >= 0.3 is 6.09 Å². The summed E-state index contributed by atoms with van der Waals surface area (Å²) in [5, 5.41) is 9.76. The Bertz CT molecular complexity index is 861. The molecule has 8 atom stereocenters. The first-order chi connectivity index (χ1) is 19.7. The van der Waals surface area contributed by atoms with Gasteiger partial charge in [-0.3, -0.25) is 0 Å². The van der Waals surface area contributed by atoms with Crippen molar-refractivity contribution in [3.8, 4) is 0 Å². The molecule has 0 bridgehead atoms. The number of rotatable bonds is 15. The molecule has 6 heteroatoms. The van der Waals surface area contributed by atoms with E-state index in [4.69, 9.17) is 10.5 Å². The van der Waals surface area contributed by atoms with Gasteiger partial charge in [0, 0.05) is 31.6 Å². The standard InChI is InChI=1S/C35H64N4O2/c1-25(2)9-6-10-26(3)29-15-16-30-28-14-13-27-11-7-12-32(35(27,5)31(28)17-18-34(29,30)4)41-33(40)39-24-23-38-21-8-20-37-22-19-36/h13,25-26,28-32,37-38H,6-12,14-24,36H2,1-5H3,(H,39,40)/t26-,28?,29-,30?,31?,32?,34-,35+/m1/s1. The van der Waals surface area contributed by atoms with Crippen LogP contribution in [-0.2, 0) is 4.74 Å². The Morgan fingerprint density at radius 2 is 1.76 bits per heavy atom. The van der Waals surface area contributed by atoms with Crippen molar-refractivity contribution in [3.05, 3.63) is 11.6 Å². The molecule has 0 saturated heterocycles. The highest BCUT2D eigenvalue weighted by atomic mass is 16.6. The fourth-order valence-corrected chi connectivity index (χ4v) is 10.0. The normalized spacial score (nSPS) is 35.3. The predicted molar refractivity (Wildman–Crippen MR) is 171 cm³/mol. The molecule has 3 saturated carbocycles. The zero-order valence-electron chi connectivity index (χ0n) is 27.2. The monoisotopic (exact) mass is 573 g/mol. The third kappa shape index (κ3) is 7.52. The van der Waals surface area contributed by atoms with Crippen LogP contribution in [0.2, 0.25) is 0 Å². The van der Waals surface area contributed by atoms with Crippen molar-refractivity contribution in [2.75, 3.05) is 39.3 Å². The molecule has 236 valence electrons. The number of amides is 1. The van der Waals surface area contributed by atoms with Gasteiger partial charge in [-0.15, -0.1) is 0 Å². The molecular formula is C35H64N4O2. The van der Waals surface area contributed by atoms with Crippen LogP contribution in [0.15, 0.2) is 11.6 Å². The number of allylic oxidation sites excluding steroid dienone is 1. The molecule has 4 rings (SSSR count). The van der Waals surface area contributed by atoms with Crippen molar-refractivity contribution < 1.29 is 9.53 Å². The second kappa shape index (κ2) is 15.1. The molecule has 0 aromatic rings. The van der Waals surface area contributed by atoms with E-state index >= 15 is 0 Å². The van der Waals surface area contributed by atoms with E-state index in [1.54, 1.807) is 5.57 Å². The van der Waals surface area contributed by atoms with Gasteiger partial charge in [-0.2, -0.15) is 0 Å². The molecule has 41 heavy (non-hydrogen) atoms. The number of carbonyl (C=O) groups excluding carboxylic acids is 1. The fourth-order valence-electron chi connectivity index (χ4n) is 10.0. The first-order valence-electron chi connectivity index (χ1n) is 17.5. The molecule has 4 aliphatic rings. The summed E-state index contributed by atoms with van der Waals surface area (Å²) in [4.78, 5) is 13.0. The molecule has 1 amide bonds. The van der Waals surface area contributed by atoms with Crippen LogP contribution in [0.25, 0.3) is 0 Å². The number of nitrogens with two attached hydrogens (primary N) is 1. The average Bonchev–Trinajstić information content (AvgIpc) is 3.29. The van der Waals surface area contributed by atoms with E-state index in [-0.39, 0.29) is 17.6 Å². The van der Waals surface area contributed by atoms with E-state index in [9.17, 15) is 4.79 Å². The topological polar surface area (TPSA) is 88.4 Å². The number of hydrogen-bond donors (Lipinski definition) is 4. The Labute approximate surface area is 252 Å². The molecule has 0 aromatic heterocycles. The van der Waals surface area contributed by atoms with Crippen molar-refractivity contribution >= 4 is 6.09 Å². The van der Waals surface area contributed by atoms with Gasteiger partial charge < -0.3 is 26.4 Å². The van der Waals surface area contributed by atoms with E-state index in [1.807, 2.05) is 0 Å². The third-order valence-electron chi connectivity index (χ3n) is 12.2. The molecule has 0 aliphatic heterocycles. The van der Waals surface area contributed by atoms with Gasteiger partial charge in [-0.25, -0.2) is 4.79 Å². The van der Waals surface area contributed by atoms with Crippen LogP contribution in [0.1, 0.15) is 112 Å². The van der Waals surface area contributed by atoms with Gasteiger partial charge in [-0.05, 0) is 112 Å². The van der Waals surface area contributed by atoms with E-state index in [1.165, 1.54) is 57.8 Å². The lowest BCUT2D eigenvalue weighted by atomic mass is 9.46. The van der Waals surface area contributed by atoms with Gasteiger partial charge in [-0.1, -0.05) is 65.5 Å². The van der Waals surface area contributed by atoms with Crippen molar-refractivity contribution in [2.24, 2.45) is 52.1 Å². The van der Waals surface area contributed by atoms with Crippen LogP contribution in [0.3, 0.4) is 0 Å². The molecule has 5 N–H and O–H groups in total. The summed E-state index contributed by atoms with van der Waals surface area (Å²) in [6.45, 7) is 17.2. The lowest BCUT2D eigenvalue weighted by Crippen LogP contribution is -2.55. The minimum Gasteiger partial charge on any atom is -0.445 e. The van der Waals surface area contributed by atoms with Gasteiger partial charge in [0.15, 0.2) is 0 Å². The van der Waals surface area contributed by atoms with E-state index < -0.39 is 0 Å². The van der Waals surface area contributed by atoms with Crippen LogP contribution in [-0.4, -0.2) is 51.5 Å². The van der Waals surface area contributed by atoms with Crippen LogP contribution < -0.4 is 21.7 Å². The third-order valence-corrected chi connectivity index (χ3v) is 12.2. The van der Waals surface area contributed by atoms with Crippen molar-refractivity contribution in [1.82, 2.24) is 16.0 Å². The van der Waals surface area contributed by atoms with Crippen LogP contribution in [0.5, 0.6) is 0 Å². The van der Waals surface area contributed by atoms with Gasteiger partial charge in [0.2, 0.25) is 0 Å². The molecule has 0 spiro atoms. The number of carbonyl (C=O) groups is 1. The largest absolute Gasteiger partial charge is 0.445 e. The van der Waals surface area contributed by atoms with E-state index in [2.05, 4.69) is 56.6 Å². The van der Waals surface area contributed by atoms with Crippen LogP contribution in [0.4, 0.5) is 4.79 Å². The molecule has 0 radical (unpaired) electrons. The van der Waals surface area contributed by atoms with Gasteiger partial charge in [0.25, 0.3) is 0 Å². The Morgan fingerprint density at radius 1 is 0.976 bits per heavy atom. The number of fused-ring (bicyclic) bond motifs is 5. The Kier molecular flexibility index (Phi) is 12.0. The average molecular weight is 573 g/mol. The molecule has 4 aliphatic carbocycles. The zero-order valence-corrected chi connectivity index (χ0v) is 27.2. The lowest BCUT2D eigenvalue weighted by molar-refractivity contribution is -0.0954. The number of hydrogen-bond acceptors (Lipinski definition) is 5. The maximum absolute atomic E-state index is 13.0. The van der Waals surface area contributed by atoms with Crippen molar-refractivity contribution in [1.29, 1.82) is 0 Å². The zero-order chi connectivity index (χ0) is 29.5. The minimum atomic E-state index is -0.234. The number of ether oxygens (including phenoxy) is 1. The molecule has 0 heterocycles. The number of nitrogens with one attached hydrogen (secondary N) is 3. The summed E-state index contributed by atoms with van der Waals surface area (Å²) >= 11 is 0. The molecule has 4 unspecified atom stereocenters. The van der Waals surface area contributed by atoms with E-state index in [0.717, 1.165) is 75.0 Å². The quantitative estimate of drug-likeness (QED) is 0.130. The van der Waals surface area contributed by atoms with Gasteiger partial charge in [0.1, 0.15) is 6.10 Å². The SMILES string of the molecule is CC(C)CCC[C@@H](C)[C@H]1CCC2C3CC=C4CCCC(OC(=O)NCCNCCCNCCN)[C@]4(C)C3CC[C@@]21C. The highest BCUT2D eigenvalue weighted by Gasteiger charge is 2.61. The van der Waals surface area contributed by atoms with Crippen LogP contribution in [0, 0.1) is 46.3 Å². The van der Waals surface area contributed by atoms with Crippen molar-refractivity contribution in [2.45, 2.75) is 118 Å². The minimum absolute atomic E-state index is 0.00438. The predicted octanol–water partition coefficient (Wildman–Crippen LogP) is 6.65. The molecule has 6 nitrogen and oxygen atoms in total. The number of alkyl carbamates (subject to hydrolysis) is 1. The summed E-state index contributed by atoms with van der Waals surface area (Å²) < 4.78 is 6.30. The lowest BCUT2D eigenvalue weighted by Gasteiger charge is -2.59. The summed E-state index contributed by atoms with van der Waals surface area (Å²) in [7, 11) is 0. The highest BCUT2D eigenvalue weighted by Crippen LogP contribution is 2.67. The smallest absolute Gasteiger partial charge is 0.407 e. The summed E-state index contributed by atoms with van der Waals surface area (Å²) in [5.74, 6) is 4.73. The Hall–Kier alpha value is -1.11. The van der Waals surface area contributed by atoms with E-state index in [0.29, 0.717) is 24.4 Å². The Balaban J connectivity index is 1.32. The molecule has 3 fully saturated rings. The fraction of sp³-hybridized carbons (Fsp3) is 0.914. The summed E-state index contributed by atoms with van der Waals surface area (Å²) in [6.07, 6.45) is 17.6. The van der Waals surface area contributed by atoms with Crippen LogP contribution >= 0.6 is 0 Å². The molecular weight excluding hydrogens is 508 g/mol. The first kappa shape index (κ1) is 32.8. The summed E-state index contributed by atoms with van der Waals surface area (Å²) in [5.41, 5.74) is 7.58.